The van der Waals surface area contributed by atoms with Crippen LogP contribution in [-0.2, 0) is 11.0 Å². The van der Waals surface area contributed by atoms with Gasteiger partial charge in [-0.3, -0.25) is 4.79 Å². The van der Waals surface area contributed by atoms with Gasteiger partial charge in [-0.25, -0.2) is 14.8 Å². The standard InChI is InChI=1S/C21H25F3N6O2S/c22-21(23,24)15-3-4-17(26-12-15)29-9-5-16(6-10-29)27-20(32)30-8-1-2-14(13-30)18(31)28-19-25-7-11-33-19/h3-4,7,11-12,14,16H,1-2,5-6,8-10,13H2,(H,27,32)(H,25,28,31). The van der Waals surface area contributed by atoms with Crippen molar-refractivity contribution in [1.82, 2.24) is 20.2 Å². The summed E-state index contributed by atoms with van der Waals surface area (Å²) >= 11 is 1.35. The predicted molar refractivity (Wildman–Crippen MR) is 118 cm³/mol. The number of carbonyl (C=O) groups is 2. The van der Waals surface area contributed by atoms with Gasteiger partial charge >= 0.3 is 12.2 Å². The molecule has 4 rings (SSSR count). The molecule has 0 saturated carbocycles. The van der Waals surface area contributed by atoms with Crippen molar-refractivity contribution < 1.29 is 22.8 Å². The summed E-state index contributed by atoms with van der Waals surface area (Å²) in [5.41, 5.74) is -0.770. The Hall–Kier alpha value is -2.89. The van der Waals surface area contributed by atoms with Gasteiger partial charge in [0.1, 0.15) is 5.82 Å². The molecule has 2 aliphatic rings. The number of urea groups is 1. The van der Waals surface area contributed by atoms with E-state index in [-0.39, 0.29) is 23.9 Å². The molecule has 2 N–H and O–H groups in total. The molecule has 178 valence electrons. The van der Waals surface area contributed by atoms with Gasteiger partial charge in [0.15, 0.2) is 5.13 Å². The predicted octanol–water partition coefficient (Wildman–Crippen LogP) is 3.59. The van der Waals surface area contributed by atoms with E-state index >= 15 is 0 Å². The van der Waals surface area contributed by atoms with Crippen LogP contribution in [0.2, 0.25) is 0 Å². The second kappa shape index (κ2) is 9.94. The monoisotopic (exact) mass is 482 g/mol. The summed E-state index contributed by atoms with van der Waals surface area (Å²) in [4.78, 5) is 36.9. The van der Waals surface area contributed by atoms with Crippen LogP contribution in [0.1, 0.15) is 31.2 Å². The van der Waals surface area contributed by atoms with Crippen molar-refractivity contribution in [3.63, 3.8) is 0 Å². The molecule has 0 bridgehead atoms. The number of hydrogen-bond acceptors (Lipinski definition) is 6. The Morgan fingerprint density at radius 1 is 1.09 bits per heavy atom. The number of nitrogens with zero attached hydrogens (tertiary/aromatic N) is 4. The number of halogens is 3. The molecular formula is C21H25F3N6O2S. The lowest BCUT2D eigenvalue weighted by molar-refractivity contribution is -0.137. The Bertz CT molecular complexity index is 946. The van der Waals surface area contributed by atoms with Crippen molar-refractivity contribution in [3.05, 3.63) is 35.5 Å². The number of pyridine rings is 1. The van der Waals surface area contributed by atoms with E-state index in [1.807, 2.05) is 4.90 Å². The van der Waals surface area contributed by atoms with Crippen molar-refractivity contribution in [1.29, 1.82) is 0 Å². The molecule has 0 spiro atoms. The third-order valence-corrected chi connectivity index (χ3v) is 6.65. The topological polar surface area (TPSA) is 90.5 Å². The van der Waals surface area contributed by atoms with Gasteiger partial charge in [0.05, 0.1) is 11.5 Å². The molecule has 12 heteroatoms. The van der Waals surface area contributed by atoms with Crippen LogP contribution in [0.25, 0.3) is 0 Å². The van der Waals surface area contributed by atoms with Crippen LogP contribution in [0.15, 0.2) is 29.9 Å². The molecule has 3 amide bonds. The lowest BCUT2D eigenvalue weighted by Gasteiger charge is -2.36. The highest BCUT2D eigenvalue weighted by atomic mass is 32.1. The van der Waals surface area contributed by atoms with Crippen molar-refractivity contribution in [2.45, 2.75) is 37.9 Å². The number of amides is 3. The molecule has 0 aromatic carbocycles. The third kappa shape index (κ3) is 5.92. The van der Waals surface area contributed by atoms with Crippen LogP contribution in [0.3, 0.4) is 0 Å². The molecule has 0 radical (unpaired) electrons. The van der Waals surface area contributed by atoms with E-state index in [9.17, 15) is 22.8 Å². The maximum Gasteiger partial charge on any atom is 0.417 e. The highest BCUT2D eigenvalue weighted by molar-refractivity contribution is 7.13. The number of rotatable bonds is 4. The first-order chi connectivity index (χ1) is 15.8. The van der Waals surface area contributed by atoms with Gasteiger partial charge in [0, 0.05) is 50.0 Å². The number of piperidine rings is 2. The molecule has 4 heterocycles. The molecule has 0 aliphatic carbocycles. The molecule has 1 unspecified atom stereocenters. The van der Waals surface area contributed by atoms with E-state index in [4.69, 9.17) is 0 Å². The Balaban J connectivity index is 1.24. The summed E-state index contributed by atoms with van der Waals surface area (Å²) < 4.78 is 38.2. The molecule has 1 atom stereocenters. The van der Waals surface area contributed by atoms with Gasteiger partial charge in [0.25, 0.3) is 0 Å². The summed E-state index contributed by atoms with van der Waals surface area (Å²) in [6.07, 6.45) is 0.867. The fourth-order valence-electron chi connectivity index (χ4n) is 4.13. The van der Waals surface area contributed by atoms with Gasteiger partial charge < -0.3 is 20.4 Å². The first kappa shape index (κ1) is 23.3. The summed E-state index contributed by atoms with van der Waals surface area (Å²) in [6, 6.07) is 2.19. The third-order valence-electron chi connectivity index (χ3n) is 5.96. The lowest BCUT2D eigenvalue weighted by Crippen LogP contribution is -2.52. The van der Waals surface area contributed by atoms with Crippen LogP contribution in [-0.4, -0.2) is 59.0 Å². The Morgan fingerprint density at radius 3 is 2.52 bits per heavy atom. The van der Waals surface area contributed by atoms with E-state index in [1.165, 1.54) is 17.4 Å². The number of thiazole rings is 1. The maximum atomic E-state index is 12.8. The number of alkyl halides is 3. The highest BCUT2D eigenvalue weighted by Gasteiger charge is 2.32. The molecule has 2 aromatic heterocycles. The molecule has 2 saturated heterocycles. The second-order valence-corrected chi connectivity index (χ2v) is 9.12. The van der Waals surface area contributed by atoms with E-state index in [0.717, 1.165) is 25.1 Å². The van der Waals surface area contributed by atoms with Crippen molar-refractivity contribution in [2.75, 3.05) is 36.4 Å². The average molecular weight is 483 g/mol. The number of likely N-dealkylation sites (tertiary alicyclic amines) is 1. The van der Waals surface area contributed by atoms with Crippen molar-refractivity contribution in [2.24, 2.45) is 5.92 Å². The quantitative estimate of drug-likeness (QED) is 0.695. The van der Waals surface area contributed by atoms with Gasteiger partial charge in [-0.05, 0) is 37.8 Å². The van der Waals surface area contributed by atoms with Crippen LogP contribution in [0, 0.1) is 5.92 Å². The minimum Gasteiger partial charge on any atom is -0.356 e. The Kier molecular flexibility index (Phi) is 7.01. The summed E-state index contributed by atoms with van der Waals surface area (Å²) in [7, 11) is 0. The summed E-state index contributed by atoms with van der Waals surface area (Å²) in [6.45, 7) is 2.13. The van der Waals surface area contributed by atoms with Gasteiger partial charge in [-0.15, -0.1) is 11.3 Å². The van der Waals surface area contributed by atoms with Crippen LogP contribution < -0.4 is 15.5 Å². The Morgan fingerprint density at radius 2 is 1.88 bits per heavy atom. The van der Waals surface area contributed by atoms with Gasteiger partial charge in [0.2, 0.25) is 5.91 Å². The highest BCUT2D eigenvalue weighted by Crippen LogP contribution is 2.30. The zero-order valence-corrected chi connectivity index (χ0v) is 18.7. The normalized spacial score (nSPS) is 19.9. The smallest absolute Gasteiger partial charge is 0.356 e. The van der Waals surface area contributed by atoms with E-state index in [2.05, 4.69) is 20.6 Å². The Labute approximate surface area is 193 Å². The number of anilines is 2. The van der Waals surface area contributed by atoms with E-state index in [1.54, 1.807) is 16.5 Å². The van der Waals surface area contributed by atoms with Crippen LogP contribution in [0.4, 0.5) is 28.9 Å². The molecule has 2 aromatic rings. The first-order valence-electron chi connectivity index (χ1n) is 10.8. The van der Waals surface area contributed by atoms with Gasteiger partial charge in [-0.2, -0.15) is 13.2 Å². The summed E-state index contributed by atoms with van der Waals surface area (Å²) in [5, 5.41) is 8.18. The number of hydrogen-bond donors (Lipinski definition) is 2. The number of nitrogens with one attached hydrogen (secondary N) is 2. The zero-order valence-electron chi connectivity index (χ0n) is 17.8. The molecular weight excluding hydrogens is 457 g/mol. The van der Waals surface area contributed by atoms with E-state index < -0.39 is 11.7 Å². The van der Waals surface area contributed by atoms with Crippen LogP contribution in [0.5, 0.6) is 0 Å². The molecule has 8 nitrogen and oxygen atoms in total. The average Bonchev–Trinajstić information content (AvgIpc) is 3.32. The summed E-state index contributed by atoms with van der Waals surface area (Å²) in [5.74, 6) is 0.0960. The van der Waals surface area contributed by atoms with Crippen molar-refractivity contribution >= 4 is 34.2 Å². The molecule has 2 fully saturated rings. The fraction of sp³-hybridized carbons (Fsp3) is 0.524. The zero-order chi connectivity index (χ0) is 23.4. The molecule has 2 aliphatic heterocycles. The largest absolute Gasteiger partial charge is 0.417 e. The first-order valence-corrected chi connectivity index (χ1v) is 11.7. The molecule has 33 heavy (non-hydrogen) atoms. The SMILES string of the molecule is O=C(Nc1nccs1)C1CCCN(C(=O)NC2CCN(c3ccc(C(F)(F)F)cn3)CC2)C1. The van der Waals surface area contributed by atoms with Gasteiger partial charge in [-0.1, -0.05) is 0 Å². The second-order valence-electron chi connectivity index (χ2n) is 8.23. The van der Waals surface area contributed by atoms with Crippen LogP contribution >= 0.6 is 11.3 Å². The van der Waals surface area contributed by atoms with Crippen molar-refractivity contribution in [3.8, 4) is 0 Å². The number of carbonyl (C=O) groups excluding carboxylic acids is 2. The minimum absolute atomic E-state index is 0.0345. The minimum atomic E-state index is -4.40. The maximum absolute atomic E-state index is 12.8. The lowest BCUT2D eigenvalue weighted by atomic mass is 9.97. The number of aromatic nitrogens is 2. The fourth-order valence-corrected chi connectivity index (χ4v) is 4.66. The van der Waals surface area contributed by atoms with E-state index in [0.29, 0.717) is 50.0 Å².